The number of nitrogens with one attached hydrogen (secondary N) is 1. The first-order chi connectivity index (χ1) is 16.7. The lowest BCUT2D eigenvalue weighted by atomic mass is 9.93. The zero-order chi connectivity index (χ0) is 23.5. The van der Waals surface area contributed by atoms with E-state index in [1.807, 2.05) is 60.8 Å². The number of amides is 1. The molecule has 1 aliphatic rings. The van der Waals surface area contributed by atoms with Crippen molar-refractivity contribution in [3.63, 3.8) is 0 Å². The van der Waals surface area contributed by atoms with Crippen LogP contribution in [0.3, 0.4) is 0 Å². The predicted octanol–water partition coefficient (Wildman–Crippen LogP) is 5.06. The Labute approximate surface area is 199 Å². The normalized spacial score (nSPS) is 13.4. The van der Waals surface area contributed by atoms with Crippen molar-refractivity contribution >= 4 is 22.5 Å². The van der Waals surface area contributed by atoms with Gasteiger partial charge in [0.1, 0.15) is 0 Å². The van der Waals surface area contributed by atoms with Crippen molar-refractivity contribution in [2.24, 2.45) is 0 Å². The highest BCUT2D eigenvalue weighted by Gasteiger charge is 2.22. The van der Waals surface area contributed by atoms with E-state index in [1.54, 1.807) is 14.2 Å². The van der Waals surface area contributed by atoms with Crippen LogP contribution in [0.5, 0.6) is 11.5 Å². The summed E-state index contributed by atoms with van der Waals surface area (Å²) in [6.07, 6.45) is 2.67. The topological polar surface area (TPSA) is 63.7 Å². The molecule has 0 saturated heterocycles. The van der Waals surface area contributed by atoms with Gasteiger partial charge in [-0.15, -0.1) is 0 Å². The molecule has 1 amide bonds. The molecule has 0 radical (unpaired) electrons. The van der Waals surface area contributed by atoms with Crippen LogP contribution in [-0.4, -0.2) is 36.6 Å². The minimum absolute atomic E-state index is 0.0577. The van der Waals surface area contributed by atoms with Crippen molar-refractivity contribution in [3.8, 4) is 11.5 Å². The Morgan fingerprint density at radius 2 is 1.79 bits per heavy atom. The number of carbonyl (C=O) groups is 1. The molecule has 0 atom stereocenters. The Kier molecular flexibility index (Phi) is 6.14. The van der Waals surface area contributed by atoms with Gasteiger partial charge in [-0.1, -0.05) is 30.3 Å². The van der Waals surface area contributed by atoms with E-state index < -0.39 is 0 Å². The molecule has 1 aliphatic heterocycles. The smallest absolute Gasteiger partial charge is 0.255 e. The summed E-state index contributed by atoms with van der Waals surface area (Å²) >= 11 is 0. The van der Waals surface area contributed by atoms with Crippen LogP contribution in [0.4, 0.5) is 5.69 Å². The molecule has 0 aliphatic carbocycles. The second kappa shape index (κ2) is 9.53. The molecule has 0 saturated carbocycles. The lowest BCUT2D eigenvalue weighted by Gasteiger charge is -2.30. The second-order valence-electron chi connectivity index (χ2n) is 8.42. The number of aromatic nitrogens is 1. The zero-order valence-electron chi connectivity index (χ0n) is 19.4. The molecule has 2 heterocycles. The summed E-state index contributed by atoms with van der Waals surface area (Å²) in [6, 6.07) is 21.6. The van der Waals surface area contributed by atoms with E-state index in [1.165, 1.54) is 11.1 Å². The molecular weight excluding hydrogens is 426 g/mol. The first-order valence-corrected chi connectivity index (χ1v) is 11.4. The van der Waals surface area contributed by atoms with E-state index in [2.05, 4.69) is 27.3 Å². The fraction of sp³-hybridized carbons (Fsp3) is 0.214. The van der Waals surface area contributed by atoms with Crippen LogP contribution >= 0.6 is 0 Å². The van der Waals surface area contributed by atoms with Crippen molar-refractivity contribution in [1.29, 1.82) is 0 Å². The third kappa shape index (κ3) is 4.32. The average Bonchev–Trinajstić information content (AvgIpc) is 2.88. The SMILES string of the molecule is COc1cc2nccc(CN3CCc4c(cccc4C(=O)Nc4ccccc4)C3)c2cc1OC. The summed E-state index contributed by atoms with van der Waals surface area (Å²) in [4.78, 5) is 19.9. The van der Waals surface area contributed by atoms with Crippen LogP contribution in [0.1, 0.15) is 27.0 Å². The first kappa shape index (κ1) is 21.9. The van der Waals surface area contributed by atoms with Crippen LogP contribution in [0.25, 0.3) is 10.9 Å². The first-order valence-electron chi connectivity index (χ1n) is 11.4. The largest absolute Gasteiger partial charge is 0.493 e. The number of anilines is 1. The lowest BCUT2D eigenvalue weighted by Crippen LogP contribution is -2.31. The Morgan fingerprint density at radius 3 is 2.59 bits per heavy atom. The van der Waals surface area contributed by atoms with Gasteiger partial charge in [-0.25, -0.2) is 0 Å². The molecule has 0 unspecified atom stereocenters. The molecule has 3 aromatic carbocycles. The second-order valence-corrected chi connectivity index (χ2v) is 8.42. The van der Waals surface area contributed by atoms with Crippen molar-refractivity contribution in [2.75, 3.05) is 26.1 Å². The molecule has 34 heavy (non-hydrogen) atoms. The van der Waals surface area contributed by atoms with E-state index in [4.69, 9.17) is 9.47 Å². The van der Waals surface area contributed by atoms with Crippen LogP contribution in [0.15, 0.2) is 72.9 Å². The van der Waals surface area contributed by atoms with Crippen molar-refractivity contribution in [2.45, 2.75) is 19.5 Å². The van der Waals surface area contributed by atoms with E-state index in [0.29, 0.717) is 11.5 Å². The molecule has 0 spiro atoms. The molecular formula is C28H27N3O3. The Bertz CT molecular complexity index is 1340. The predicted molar refractivity (Wildman–Crippen MR) is 134 cm³/mol. The fourth-order valence-corrected chi connectivity index (χ4v) is 4.64. The number of ether oxygens (including phenoxy) is 2. The van der Waals surface area contributed by atoms with Gasteiger partial charge < -0.3 is 14.8 Å². The van der Waals surface area contributed by atoms with Gasteiger partial charge >= 0.3 is 0 Å². The monoisotopic (exact) mass is 453 g/mol. The summed E-state index contributed by atoms with van der Waals surface area (Å²) < 4.78 is 10.9. The van der Waals surface area contributed by atoms with Gasteiger partial charge in [0, 0.05) is 48.5 Å². The average molecular weight is 454 g/mol. The molecule has 6 heteroatoms. The number of carbonyl (C=O) groups excluding carboxylic acids is 1. The van der Waals surface area contributed by atoms with Gasteiger partial charge in [0.25, 0.3) is 5.91 Å². The summed E-state index contributed by atoms with van der Waals surface area (Å²) in [6.45, 7) is 2.45. The number of nitrogens with zero attached hydrogens (tertiary/aromatic N) is 2. The van der Waals surface area contributed by atoms with Crippen LogP contribution in [0, 0.1) is 0 Å². The van der Waals surface area contributed by atoms with Crippen molar-refractivity contribution < 1.29 is 14.3 Å². The number of pyridine rings is 1. The zero-order valence-corrected chi connectivity index (χ0v) is 19.4. The standard InChI is InChI=1S/C28H27N3O3/c1-33-26-15-24-20(11-13-29-25(24)16-27(26)34-2)18-31-14-12-22-19(17-31)7-6-10-23(22)28(32)30-21-8-4-3-5-9-21/h3-11,13,15-16H,12,14,17-18H2,1-2H3,(H,30,32). The van der Waals surface area contributed by atoms with Crippen molar-refractivity contribution in [3.05, 3.63) is 95.2 Å². The van der Waals surface area contributed by atoms with Gasteiger partial charge in [-0.3, -0.25) is 14.7 Å². The van der Waals surface area contributed by atoms with Crippen LogP contribution < -0.4 is 14.8 Å². The highest BCUT2D eigenvalue weighted by Crippen LogP contribution is 2.33. The van der Waals surface area contributed by atoms with Gasteiger partial charge in [0.05, 0.1) is 19.7 Å². The third-order valence-electron chi connectivity index (χ3n) is 6.35. The summed E-state index contributed by atoms with van der Waals surface area (Å²) in [5.74, 6) is 1.31. The summed E-state index contributed by atoms with van der Waals surface area (Å²) in [5, 5.41) is 4.08. The Morgan fingerprint density at radius 1 is 1.00 bits per heavy atom. The van der Waals surface area contributed by atoms with Gasteiger partial charge in [0.2, 0.25) is 0 Å². The molecule has 4 aromatic rings. The third-order valence-corrected chi connectivity index (χ3v) is 6.35. The Hall–Kier alpha value is -3.90. The quantitative estimate of drug-likeness (QED) is 0.442. The van der Waals surface area contributed by atoms with Crippen LogP contribution in [-0.2, 0) is 19.5 Å². The lowest BCUT2D eigenvalue weighted by molar-refractivity contribution is 0.102. The minimum atomic E-state index is -0.0577. The maximum atomic E-state index is 13.0. The molecule has 0 fully saturated rings. The van der Waals surface area contributed by atoms with E-state index in [-0.39, 0.29) is 5.91 Å². The number of benzene rings is 3. The maximum absolute atomic E-state index is 13.0. The molecule has 1 N–H and O–H groups in total. The number of para-hydroxylation sites is 1. The van der Waals surface area contributed by atoms with Crippen LogP contribution in [0.2, 0.25) is 0 Å². The minimum Gasteiger partial charge on any atom is -0.493 e. The number of hydrogen-bond acceptors (Lipinski definition) is 5. The molecule has 0 bridgehead atoms. The van der Waals surface area contributed by atoms with E-state index in [9.17, 15) is 4.79 Å². The van der Waals surface area contributed by atoms with E-state index >= 15 is 0 Å². The molecule has 5 rings (SSSR count). The van der Waals surface area contributed by atoms with Gasteiger partial charge in [0.15, 0.2) is 11.5 Å². The maximum Gasteiger partial charge on any atom is 0.255 e. The van der Waals surface area contributed by atoms with Gasteiger partial charge in [-0.2, -0.15) is 0 Å². The molecule has 6 nitrogen and oxygen atoms in total. The number of methoxy groups -OCH3 is 2. The number of rotatable bonds is 6. The summed E-state index contributed by atoms with van der Waals surface area (Å²) in [5.41, 5.74) is 5.97. The highest BCUT2D eigenvalue weighted by molar-refractivity contribution is 6.05. The Balaban J connectivity index is 1.37. The highest BCUT2D eigenvalue weighted by atomic mass is 16.5. The fourth-order valence-electron chi connectivity index (χ4n) is 4.64. The number of hydrogen-bond donors (Lipinski definition) is 1. The molecule has 1 aromatic heterocycles. The number of fused-ring (bicyclic) bond motifs is 2. The van der Waals surface area contributed by atoms with Gasteiger partial charge in [-0.05, 0) is 53.4 Å². The molecule has 172 valence electrons. The van der Waals surface area contributed by atoms with E-state index in [0.717, 1.165) is 53.8 Å². The van der Waals surface area contributed by atoms with Crippen molar-refractivity contribution in [1.82, 2.24) is 9.88 Å². The summed E-state index contributed by atoms with van der Waals surface area (Å²) in [7, 11) is 3.28.